The topological polar surface area (TPSA) is 58.6 Å². The summed E-state index contributed by atoms with van der Waals surface area (Å²) in [5.74, 6) is 0. The molecule has 4 heteroatoms. The molecule has 0 aliphatic heterocycles. The fourth-order valence-electron chi connectivity index (χ4n) is 0.886. The molecule has 0 radical (unpaired) electrons. The van der Waals surface area contributed by atoms with E-state index in [0.717, 1.165) is 5.52 Å². The van der Waals surface area contributed by atoms with Crippen LogP contribution in [-0.2, 0) is 0 Å². The Labute approximate surface area is 61.9 Å². The van der Waals surface area contributed by atoms with Crippen LogP contribution >= 0.6 is 0 Å². The Morgan fingerprint density at radius 1 is 1.18 bits per heavy atom. The molecule has 0 aromatic carbocycles. The second-order valence-electron chi connectivity index (χ2n) is 2.15. The molecule has 2 aromatic rings. The van der Waals surface area contributed by atoms with E-state index in [9.17, 15) is 4.79 Å². The molecule has 4 nitrogen and oxygen atoms in total. The monoisotopic (exact) mass is 147 g/mol. The normalized spacial score (nSPS) is 10.2. The van der Waals surface area contributed by atoms with Crippen molar-refractivity contribution >= 4 is 11.0 Å². The summed E-state index contributed by atoms with van der Waals surface area (Å²) in [6.45, 7) is 0. The summed E-state index contributed by atoms with van der Waals surface area (Å²) in [6, 6.07) is 4.81. The van der Waals surface area contributed by atoms with Crippen molar-refractivity contribution in [1.82, 2.24) is 15.2 Å². The molecular weight excluding hydrogens is 142 g/mol. The quantitative estimate of drug-likeness (QED) is 0.583. The minimum Gasteiger partial charge on any atom is -0.360 e. The highest BCUT2D eigenvalue weighted by atomic mass is 16.1. The van der Waals surface area contributed by atoms with E-state index in [2.05, 4.69) is 15.2 Å². The number of rotatable bonds is 0. The van der Waals surface area contributed by atoms with Crippen LogP contribution < -0.4 is 5.56 Å². The van der Waals surface area contributed by atoms with E-state index in [-0.39, 0.29) is 5.56 Å². The lowest BCUT2D eigenvalue weighted by Crippen LogP contribution is -1.99. The average molecular weight is 147 g/mol. The van der Waals surface area contributed by atoms with Crippen LogP contribution in [0.1, 0.15) is 0 Å². The van der Waals surface area contributed by atoms with Gasteiger partial charge in [0, 0.05) is 12.3 Å². The number of hydrogen-bond donors (Lipinski definition) is 1. The highest BCUT2D eigenvalue weighted by Crippen LogP contribution is 2.02. The zero-order chi connectivity index (χ0) is 7.68. The minimum atomic E-state index is -0.324. The summed E-state index contributed by atoms with van der Waals surface area (Å²) >= 11 is 0. The molecule has 0 bridgehead atoms. The molecule has 54 valence electrons. The summed E-state index contributed by atoms with van der Waals surface area (Å²) < 4.78 is 0. The molecule has 0 fully saturated rings. The first kappa shape index (κ1) is 6.03. The van der Waals surface area contributed by atoms with Gasteiger partial charge in [-0.05, 0) is 12.1 Å². The predicted molar refractivity (Wildman–Crippen MR) is 40.2 cm³/mol. The van der Waals surface area contributed by atoms with Gasteiger partial charge in [-0.2, -0.15) is 0 Å². The molecule has 0 saturated heterocycles. The maximum atomic E-state index is 10.7. The average Bonchev–Trinajstić information content (AvgIpc) is 2.38. The van der Waals surface area contributed by atoms with Crippen molar-refractivity contribution in [2.75, 3.05) is 0 Å². The first-order chi connectivity index (χ1) is 5.36. The van der Waals surface area contributed by atoms with Crippen molar-refractivity contribution in [3.63, 3.8) is 0 Å². The molecule has 2 heterocycles. The van der Waals surface area contributed by atoms with E-state index in [4.69, 9.17) is 0 Å². The Bertz CT molecular complexity index is 398. The second-order valence-corrected chi connectivity index (χ2v) is 2.15. The molecule has 0 atom stereocenters. The maximum absolute atomic E-state index is 10.7. The van der Waals surface area contributed by atoms with Crippen molar-refractivity contribution in [2.45, 2.75) is 0 Å². The lowest BCUT2D eigenvalue weighted by atomic mass is 10.4. The van der Waals surface area contributed by atoms with Crippen LogP contribution in [0.4, 0.5) is 0 Å². The smallest absolute Gasteiger partial charge is 0.288 e. The number of nitrogens with zero attached hydrogens (tertiary/aromatic N) is 2. The molecular formula is C7H5N3O. The maximum Gasteiger partial charge on any atom is 0.288 e. The van der Waals surface area contributed by atoms with E-state index in [1.54, 1.807) is 18.3 Å². The van der Waals surface area contributed by atoms with Gasteiger partial charge in [-0.25, -0.2) is 0 Å². The summed E-state index contributed by atoms with van der Waals surface area (Å²) in [6.07, 6.45) is 1.75. The van der Waals surface area contributed by atoms with Gasteiger partial charge in [-0.1, -0.05) is 0 Å². The Kier molecular flexibility index (Phi) is 1.18. The van der Waals surface area contributed by atoms with Gasteiger partial charge in [0.05, 0.1) is 5.52 Å². The lowest BCUT2D eigenvalue weighted by Gasteiger charge is -1.72. The number of aromatic amines is 1. The van der Waals surface area contributed by atoms with Gasteiger partial charge in [-0.3, -0.25) is 4.79 Å². The number of H-pyrrole nitrogens is 1. The van der Waals surface area contributed by atoms with Crippen LogP contribution in [0.3, 0.4) is 0 Å². The molecule has 2 aromatic heterocycles. The Hall–Kier alpha value is -1.71. The van der Waals surface area contributed by atoms with E-state index in [1.807, 2.05) is 0 Å². The molecule has 0 aliphatic carbocycles. The van der Waals surface area contributed by atoms with Crippen LogP contribution in [0.25, 0.3) is 11.0 Å². The molecule has 0 unspecified atom stereocenters. The van der Waals surface area contributed by atoms with Crippen molar-refractivity contribution in [1.29, 1.82) is 0 Å². The van der Waals surface area contributed by atoms with Crippen LogP contribution in [-0.4, -0.2) is 15.2 Å². The predicted octanol–water partition coefficient (Wildman–Crippen LogP) is 0.318. The van der Waals surface area contributed by atoms with Gasteiger partial charge in [0.15, 0.2) is 0 Å². The van der Waals surface area contributed by atoms with E-state index < -0.39 is 0 Å². The van der Waals surface area contributed by atoms with Crippen LogP contribution in [0.2, 0.25) is 0 Å². The number of nitrogens with one attached hydrogen (secondary N) is 1. The highest BCUT2D eigenvalue weighted by molar-refractivity contribution is 5.72. The van der Waals surface area contributed by atoms with E-state index in [0.29, 0.717) is 5.52 Å². The molecule has 11 heavy (non-hydrogen) atoms. The number of hydrogen-bond acceptors (Lipinski definition) is 3. The Balaban J connectivity index is 2.96. The third-order valence-corrected chi connectivity index (χ3v) is 1.40. The van der Waals surface area contributed by atoms with Crippen LogP contribution in [0, 0.1) is 0 Å². The third kappa shape index (κ3) is 0.980. The summed E-state index contributed by atoms with van der Waals surface area (Å²) in [4.78, 5) is 13.6. The molecule has 1 N–H and O–H groups in total. The molecule has 0 spiro atoms. The SMILES string of the molecule is O=c1ccc2[nH]ccc2nn1. The zero-order valence-corrected chi connectivity index (χ0v) is 5.61. The van der Waals surface area contributed by atoms with E-state index >= 15 is 0 Å². The Morgan fingerprint density at radius 3 is 3.00 bits per heavy atom. The fourth-order valence-corrected chi connectivity index (χ4v) is 0.886. The van der Waals surface area contributed by atoms with Gasteiger partial charge in [0.2, 0.25) is 0 Å². The van der Waals surface area contributed by atoms with Crippen LogP contribution in [0.15, 0.2) is 29.2 Å². The summed E-state index contributed by atoms with van der Waals surface area (Å²) in [7, 11) is 0. The Morgan fingerprint density at radius 2 is 2.09 bits per heavy atom. The highest BCUT2D eigenvalue weighted by Gasteiger charge is 1.91. The standard InChI is InChI=1S/C7H5N3O/c11-7-2-1-5-6(9-10-7)3-4-8-5/h1-4,8H. The second kappa shape index (κ2) is 2.16. The summed E-state index contributed by atoms with van der Waals surface area (Å²) in [5, 5.41) is 7.13. The summed E-state index contributed by atoms with van der Waals surface area (Å²) in [5.41, 5.74) is 1.20. The first-order valence-electron chi connectivity index (χ1n) is 3.17. The van der Waals surface area contributed by atoms with Gasteiger partial charge in [0.1, 0.15) is 5.52 Å². The molecule has 0 amide bonds. The van der Waals surface area contributed by atoms with Gasteiger partial charge in [-0.15, -0.1) is 10.2 Å². The van der Waals surface area contributed by atoms with Gasteiger partial charge >= 0.3 is 0 Å². The zero-order valence-electron chi connectivity index (χ0n) is 5.61. The van der Waals surface area contributed by atoms with Gasteiger partial charge in [0.25, 0.3) is 5.56 Å². The minimum absolute atomic E-state index is 0.324. The van der Waals surface area contributed by atoms with Crippen molar-refractivity contribution in [3.05, 3.63) is 34.7 Å². The largest absolute Gasteiger partial charge is 0.360 e. The number of fused-ring (bicyclic) bond motifs is 1. The lowest BCUT2D eigenvalue weighted by molar-refractivity contribution is 1.04. The fraction of sp³-hybridized carbons (Fsp3) is 0. The van der Waals surface area contributed by atoms with Crippen molar-refractivity contribution in [3.8, 4) is 0 Å². The van der Waals surface area contributed by atoms with E-state index in [1.165, 1.54) is 6.07 Å². The van der Waals surface area contributed by atoms with Crippen molar-refractivity contribution in [2.24, 2.45) is 0 Å². The number of aromatic nitrogens is 3. The molecule has 0 saturated carbocycles. The first-order valence-corrected chi connectivity index (χ1v) is 3.17. The van der Waals surface area contributed by atoms with Crippen molar-refractivity contribution < 1.29 is 0 Å². The molecule has 0 aliphatic rings. The van der Waals surface area contributed by atoms with Crippen LogP contribution in [0.5, 0.6) is 0 Å². The third-order valence-electron chi connectivity index (χ3n) is 1.40. The van der Waals surface area contributed by atoms with Gasteiger partial charge < -0.3 is 4.98 Å². The molecule has 2 rings (SSSR count).